The smallest absolute Gasteiger partial charge is 0.194 e. The molecular formula is C8H13NOS. The topological polar surface area (TPSA) is 29.4 Å². The predicted molar refractivity (Wildman–Crippen MR) is 48.6 cm³/mol. The van der Waals surface area contributed by atoms with E-state index in [2.05, 4.69) is 17.0 Å². The lowest BCUT2D eigenvalue weighted by molar-refractivity contribution is 0.694. The number of unbranched alkanes of at least 4 members (excludes halogenated alkanes) is 2. The van der Waals surface area contributed by atoms with Gasteiger partial charge in [-0.2, -0.15) is 8.57 Å². The Morgan fingerprint density at radius 1 is 1.45 bits per heavy atom. The van der Waals surface area contributed by atoms with Crippen molar-refractivity contribution < 1.29 is 4.21 Å². The largest absolute Gasteiger partial charge is 0.199 e. The molecule has 0 bridgehead atoms. The van der Waals surface area contributed by atoms with Crippen LogP contribution in [0.2, 0.25) is 0 Å². The van der Waals surface area contributed by atoms with E-state index in [1.54, 1.807) is 6.08 Å². The molecule has 0 saturated heterocycles. The van der Waals surface area contributed by atoms with Gasteiger partial charge in [-0.3, -0.25) is 0 Å². The Labute approximate surface area is 71.3 Å². The molecule has 0 amide bonds. The van der Waals surface area contributed by atoms with Crippen LogP contribution < -0.4 is 0 Å². The lowest BCUT2D eigenvalue weighted by Crippen LogP contribution is -1.78. The minimum absolute atomic E-state index is 0.311. The summed E-state index contributed by atoms with van der Waals surface area (Å²) in [6, 6.07) is 0. The highest BCUT2D eigenvalue weighted by Gasteiger charge is 1.82. The van der Waals surface area contributed by atoms with Crippen LogP contribution in [0.3, 0.4) is 0 Å². The van der Waals surface area contributed by atoms with Crippen LogP contribution in [0.15, 0.2) is 29.2 Å². The Morgan fingerprint density at radius 2 is 2.27 bits per heavy atom. The third-order valence-electron chi connectivity index (χ3n) is 1.20. The molecule has 0 aliphatic carbocycles. The van der Waals surface area contributed by atoms with Crippen LogP contribution in [0.25, 0.3) is 0 Å². The first kappa shape index (κ1) is 10.3. The molecule has 0 aromatic heterocycles. The van der Waals surface area contributed by atoms with Crippen molar-refractivity contribution in [3.05, 3.63) is 24.8 Å². The van der Waals surface area contributed by atoms with Gasteiger partial charge in [-0.05, 0) is 19.3 Å². The average molecular weight is 171 g/mol. The summed E-state index contributed by atoms with van der Waals surface area (Å²) in [6.45, 7) is 4.23. The fraction of sp³-hybridized carbons (Fsp3) is 0.500. The summed E-state index contributed by atoms with van der Waals surface area (Å²) in [5, 5.41) is 0. The van der Waals surface area contributed by atoms with Crippen molar-refractivity contribution in [1.82, 2.24) is 0 Å². The van der Waals surface area contributed by atoms with E-state index >= 15 is 0 Å². The van der Waals surface area contributed by atoms with Crippen LogP contribution in [0.4, 0.5) is 0 Å². The average Bonchev–Trinajstić information content (AvgIpc) is 2.03. The molecule has 3 heteroatoms. The van der Waals surface area contributed by atoms with Gasteiger partial charge in [0.1, 0.15) is 0 Å². The SMILES string of the molecule is C=C/C=C/CCCCN=S=O. The number of hydrogen-bond acceptors (Lipinski definition) is 2. The Kier molecular flexibility index (Phi) is 8.71. The second-order valence-electron chi connectivity index (χ2n) is 2.09. The van der Waals surface area contributed by atoms with Crippen LogP contribution >= 0.6 is 0 Å². The van der Waals surface area contributed by atoms with E-state index in [-0.39, 0.29) is 0 Å². The van der Waals surface area contributed by atoms with Gasteiger partial charge in [-0.15, -0.1) is 0 Å². The van der Waals surface area contributed by atoms with E-state index in [0.717, 1.165) is 19.3 Å². The van der Waals surface area contributed by atoms with Gasteiger partial charge in [0.05, 0.1) is 6.54 Å². The molecule has 0 rings (SSSR count). The summed E-state index contributed by atoms with van der Waals surface area (Å²) < 4.78 is 13.4. The molecule has 0 N–H and O–H groups in total. The Bertz CT molecular complexity index is 171. The zero-order valence-corrected chi connectivity index (χ0v) is 7.35. The summed E-state index contributed by atoms with van der Waals surface area (Å²) in [7, 11) is 0. The standard InChI is InChI=1S/C8H13NOS/c1-2-3-4-5-6-7-8-9-11-10/h2-4H,1,5-8H2/b4-3+. The van der Waals surface area contributed by atoms with Crippen LogP contribution in [0, 0.1) is 0 Å². The highest BCUT2D eigenvalue weighted by Crippen LogP contribution is 1.96. The van der Waals surface area contributed by atoms with E-state index in [4.69, 9.17) is 0 Å². The quantitative estimate of drug-likeness (QED) is 0.445. The van der Waals surface area contributed by atoms with E-state index in [1.807, 2.05) is 6.08 Å². The Morgan fingerprint density at radius 3 is 2.91 bits per heavy atom. The van der Waals surface area contributed by atoms with Crippen LogP contribution in [0.5, 0.6) is 0 Å². The molecule has 62 valence electrons. The van der Waals surface area contributed by atoms with Crippen LogP contribution in [-0.4, -0.2) is 10.8 Å². The van der Waals surface area contributed by atoms with E-state index < -0.39 is 0 Å². The van der Waals surface area contributed by atoms with Crippen molar-refractivity contribution >= 4 is 11.5 Å². The summed E-state index contributed by atoms with van der Waals surface area (Å²) >= 11 is 0.311. The van der Waals surface area contributed by atoms with E-state index in [0.29, 0.717) is 18.0 Å². The lowest BCUT2D eigenvalue weighted by Gasteiger charge is -1.89. The van der Waals surface area contributed by atoms with Crippen molar-refractivity contribution in [1.29, 1.82) is 0 Å². The molecule has 0 unspecified atom stereocenters. The molecule has 0 fully saturated rings. The minimum atomic E-state index is 0.311. The third kappa shape index (κ3) is 9.30. The van der Waals surface area contributed by atoms with Crippen molar-refractivity contribution in [2.24, 2.45) is 4.36 Å². The monoisotopic (exact) mass is 171 g/mol. The first-order chi connectivity index (χ1) is 5.41. The summed E-state index contributed by atoms with van der Waals surface area (Å²) in [4.78, 5) is 0. The maximum Gasteiger partial charge on any atom is 0.199 e. The summed E-state index contributed by atoms with van der Waals surface area (Å²) in [5.74, 6) is 0. The normalized spacial score (nSPS) is 9.82. The number of hydrogen-bond donors (Lipinski definition) is 0. The van der Waals surface area contributed by atoms with Gasteiger partial charge in [0.25, 0.3) is 0 Å². The lowest BCUT2D eigenvalue weighted by atomic mass is 10.2. The van der Waals surface area contributed by atoms with Gasteiger partial charge in [0.15, 0.2) is 11.5 Å². The molecule has 0 heterocycles. The van der Waals surface area contributed by atoms with Crippen LogP contribution in [0.1, 0.15) is 19.3 Å². The summed E-state index contributed by atoms with van der Waals surface area (Å²) in [5.41, 5.74) is 0. The molecule has 0 aromatic rings. The predicted octanol–water partition coefficient (Wildman–Crippen LogP) is 2.30. The Hall–Kier alpha value is -0.700. The molecule has 0 aliphatic rings. The van der Waals surface area contributed by atoms with Crippen molar-refractivity contribution in [2.75, 3.05) is 6.54 Å². The maximum atomic E-state index is 9.79. The maximum absolute atomic E-state index is 9.79. The molecule has 2 nitrogen and oxygen atoms in total. The number of allylic oxidation sites excluding steroid dienone is 3. The molecule has 0 radical (unpaired) electrons. The highest BCUT2D eigenvalue weighted by atomic mass is 32.1. The molecule has 11 heavy (non-hydrogen) atoms. The molecule has 0 saturated carbocycles. The van der Waals surface area contributed by atoms with Gasteiger partial charge in [-0.25, -0.2) is 0 Å². The zero-order chi connectivity index (χ0) is 8.36. The molecular weight excluding hydrogens is 158 g/mol. The van der Waals surface area contributed by atoms with Gasteiger partial charge < -0.3 is 0 Å². The second-order valence-corrected chi connectivity index (χ2v) is 2.49. The van der Waals surface area contributed by atoms with Crippen molar-refractivity contribution in [2.45, 2.75) is 19.3 Å². The van der Waals surface area contributed by atoms with Crippen LogP contribution in [-0.2, 0) is 11.5 Å². The minimum Gasteiger partial charge on any atom is -0.194 e. The van der Waals surface area contributed by atoms with E-state index in [9.17, 15) is 4.21 Å². The molecule has 0 aliphatic heterocycles. The fourth-order valence-electron chi connectivity index (χ4n) is 0.668. The van der Waals surface area contributed by atoms with Crippen molar-refractivity contribution in [3.63, 3.8) is 0 Å². The number of nitrogens with zero attached hydrogens (tertiary/aromatic N) is 1. The fourth-order valence-corrected chi connectivity index (χ4v) is 0.872. The zero-order valence-electron chi connectivity index (χ0n) is 6.53. The van der Waals surface area contributed by atoms with Crippen molar-refractivity contribution in [3.8, 4) is 0 Å². The van der Waals surface area contributed by atoms with E-state index in [1.165, 1.54) is 0 Å². The van der Waals surface area contributed by atoms with Gasteiger partial charge in [0, 0.05) is 0 Å². The summed E-state index contributed by atoms with van der Waals surface area (Å²) in [6.07, 6.45) is 8.89. The van der Waals surface area contributed by atoms with Gasteiger partial charge in [-0.1, -0.05) is 24.8 Å². The first-order valence-corrected chi connectivity index (χ1v) is 4.35. The van der Waals surface area contributed by atoms with Gasteiger partial charge >= 0.3 is 0 Å². The number of rotatable bonds is 6. The third-order valence-corrected chi connectivity index (χ3v) is 1.48. The molecule has 0 aromatic carbocycles. The second kappa shape index (κ2) is 9.30. The Balaban J connectivity index is 3.07. The molecule has 0 atom stereocenters. The molecule has 0 spiro atoms. The van der Waals surface area contributed by atoms with Gasteiger partial charge in [0.2, 0.25) is 0 Å². The first-order valence-electron chi connectivity index (χ1n) is 3.65. The highest BCUT2D eigenvalue weighted by molar-refractivity contribution is 7.54.